The summed E-state index contributed by atoms with van der Waals surface area (Å²) in [6.07, 6.45) is 2.88. The fourth-order valence-electron chi connectivity index (χ4n) is 2.36. The quantitative estimate of drug-likeness (QED) is 0.802. The van der Waals surface area contributed by atoms with Gasteiger partial charge in [0, 0.05) is 22.3 Å². The van der Waals surface area contributed by atoms with Gasteiger partial charge < -0.3 is 9.67 Å². The number of nitriles is 1. The molecule has 0 aliphatic rings. The third kappa shape index (κ3) is 2.28. The lowest BCUT2D eigenvalue weighted by Crippen LogP contribution is -2.08. The van der Waals surface area contributed by atoms with E-state index in [-0.39, 0.29) is 12.2 Å². The minimum Gasteiger partial charge on any atom is -0.480 e. The number of benzene rings is 1. The van der Waals surface area contributed by atoms with Crippen molar-refractivity contribution in [2.75, 3.05) is 0 Å². The Morgan fingerprint density at radius 3 is 2.77 bits per heavy atom. The Kier molecular flexibility index (Phi) is 3.49. The van der Waals surface area contributed by atoms with E-state index in [0.717, 1.165) is 0 Å². The molecule has 0 saturated heterocycles. The molecule has 0 radical (unpaired) electrons. The minimum absolute atomic E-state index is 0.184. The van der Waals surface area contributed by atoms with Crippen LogP contribution in [-0.2, 0) is 11.3 Å². The van der Waals surface area contributed by atoms with Crippen LogP contribution >= 0.6 is 11.6 Å². The van der Waals surface area contributed by atoms with Gasteiger partial charge in [-0.2, -0.15) is 5.26 Å². The molecule has 2 heterocycles. The summed E-state index contributed by atoms with van der Waals surface area (Å²) in [5.74, 6) is -1.00. The molecular formula is C15H9ClN4O2. The van der Waals surface area contributed by atoms with E-state index in [2.05, 4.69) is 9.97 Å². The fraction of sp³-hybridized carbons (Fsp3) is 0.0667. The van der Waals surface area contributed by atoms with Crippen molar-refractivity contribution in [1.29, 1.82) is 5.26 Å². The average Bonchev–Trinajstić information content (AvgIpc) is 2.86. The molecule has 0 aliphatic carbocycles. The number of aromatic nitrogens is 3. The Morgan fingerprint density at radius 1 is 1.32 bits per heavy atom. The van der Waals surface area contributed by atoms with Gasteiger partial charge in [0.05, 0.1) is 5.39 Å². The molecule has 0 amide bonds. The number of hydrogen-bond donors (Lipinski definition) is 1. The van der Waals surface area contributed by atoms with Crippen molar-refractivity contribution in [1.82, 2.24) is 14.5 Å². The maximum atomic E-state index is 11.0. The predicted octanol–water partition coefficient (Wildman–Crippen LogP) is 2.71. The summed E-state index contributed by atoms with van der Waals surface area (Å²) in [7, 11) is 0. The second-order valence-corrected chi connectivity index (χ2v) is 4.98. The number of aliphatic carboxylic acids is 1. The van der Waals surface area contributed by atoms with Crippen molar-refractivity contribution < 1.29 is 9.90 Å². The number of fused-ring (bicyclic) bond motifs is 1. The predicted molar refractivity (Wildman–Crippen MR) is 80.3 cm³/mol. The SMILES string of the molecule is N#Cc1ncnc2c1c(-c1ccccc1Cl)cn2CC(=O)O. The highest BCUT2D eigenvalue weighted by molar-refractivity contribution is 6.33. The molecule has 0 unspecified atom stereocenters. The summed E-state index contributed by atoms with van der Waals surface area (Å²) in [6, 6.07) is 9.16. The molecule has 2 aromatic heterocycles. The molecule has 0 atom stereocenters. The van der Waals surface area contributed by atoms with Crippen molar-refractivity contribution in [3.8, 4) is 17.2 Å². The first-order chi connectivity index (χ1) is 10.6. The summed E-state index contributed by atoms with van der Waals surface area (Å²) in [4.78, 5) is 19.1. The first-order valence-corrected chi connectivity index (χ1v) is 6.70. The Bertz CT molecular complexity index is 927. The van der Waals surface area contributed by atoms with Gasteiger partial charge in [-0.05, 0) is 6.07 Å². The van der Waals surface area contributed by atoms with Gasteiger partial charge in [0.25, 0.3) is 0 Å². The molecule has 0 spiro atoms. The highest BCUT2D eigenvalue weighted by Gasteiger charge is 2.18. The molecule has 0 aliphatic heterocycles. The topological polar surface area (TPSA) is 91.8 Å². The van der Waals surface area contributed by atoms with E-state index >= 15 is 0 Å². The third-order valence-corrected chi connectivity index (χ3v) is 3.56. The van der Waals surface area contributed by atoms with Crippen LogP contribution in [0.4, 0.5) is 0 Å². The summed E-state index contributed by atoms with van der Waals surface area (Å²) in [6.45, 7) is -0.261. The lowest BCUT2D eigenvalue weighted by molar-refractivity contribution is -0.137. The monoisotopic (exact) mass is 312 g/mol. The summed E-state index contributed by atoms with van der Waals surface area (Å²) >= 11 is 6.22. The van der Waals surface area contributed by atoms with E-state index < -0.39 is 5.97 Å². The summed E-state index contributed by atoms with van der Waals surface area (Å²) in [5.41, 5.74) is 1.91. The normalized spacial score (nSPS) is 10.5. The molecule has 108 valence electrons. The van der Waals surface area contributed by atoms with E-state index in [0.29, 0.717) is 27.2 Å². The van der Waals surface area contributed by atoms with Gasteiger partial charge in [-0.25, -0.2) is 9.97 Å². The van der Waals surface area contributed by atoms with E-state index in [1.54, 1.807) is 24.4 Å². The second-order valence-electron chi connectivity index (χ2n) is 4.58. The van der Waals surface area contributed by atoms with E-state index in [4.69, 9.17) is 16.7 Å². The van der Waals surface area contributed by atoms with Gasteiger partial charge in [0.15, 0.2) is 5.69 Å². The zero-order chi connectivity index (χ0) is 15.7. The van der Waals surface area contributed by atoms with Crippen LogP contribution in [0.1, 0.15) is 5.69 Å². The molecule has 3 aromatic rings. The lowest BCUT2D eigenvalue weighted by atomic mass is 10.1. The van der Waals surface area contributed by atoms with Gasteiger partial charge >= 0.3 is 5.97 Å². The fourth-order valence-corrected chi connectivity index (χ4v) is 2.60. The molecule has 1 N–H and O–H groups in total. The van der Waals surface area contributed by atoms with E-state index in [1.165, 1.54) is 10.9 Å². The van der Waals surface area contributed by atoms with Crippen molar-refractivity contribution >= 4 is 28.6 Å². The number of carboxylic acid groups (broad SMARTS) is 1. The molecule has 7 heteroatoms. The van der Waals surface area contributed by atoms with Crippen LogP contribution < -0.4 is 0 Å². The molecule has 6 nitrogen and oxygen atoms in total. The van der Waals surface area contributed by atoms with E-state index in [1.807, 2.05) is 12.1 Å². The standard InChI is InChI=1S/C15H9ClN4O2/c16-11-4-2-1-3-9(11)10-6-20(7-13(21)22)15-14(10)12(5-17)18-8-19-15/h1-4,6,8H,7H2,(H,21,22). The zero-order valence-corrected chi connectivity index (χ0v) is 11.9. The van der Waals surface area contributed by atoms with Gasteiger partial charge in [0.2, 0.25) is 0 Å². The van der Waals surface area contributed by atoms with Crippen LogP contribution in [0.2, 0.25) is 5.02 Å². The number of carboxylic acids is 1. The first-order valence-electron chi connectivity index (χ1n) is 6.32. The number of halogens is 1. The Morgan fingerprint density at radius 2 is 2.09 bits per heavy atom. The van der Waals surface area contributed by atoms with Gasteiger partial charge in [-0.15, -0.1) is 0 Å². The van der Waals surface area contributed by atoms with Crippen LogP contribution in [0.3, 0.4) is 0 Å². The van der Waals surface area contributed by atoms with Crippen molar-refractivity contribution in [3.05, 3.63) is 47.5 Å². The Balaban J connectivity index is 2.37. The highest BCUT2D eigenvalue weighted by atomic mass is 35.5. The molecule has 22 heavy (non-hydrogen) atoms. The van der Waals surface area contributed by atoms with Crippen molar-refractivity contribution in [2.45, 2.75) is 6.54 Å². The van der Waals surface area contributed by atoms with E-state index in [9.17, 15) is 10.1 Å². The van der Waals surface area contributed by atoms with Gasteiger partial charge in [-0.1, -0.05) is 29.8 Å². The molecule has 0 bridgehead atoms. The molecule has 0 saturated carbocycles. The zero-order valence-electron chi connectivity index (χ0n) is 11.2. The molecular weight excluding hydrogens is 304 g/mol. The van der Waals surface area contributed by atoms with Crippen LogP contribution in [0.15, 0.2) is 36.8 Å². The second kappa shape index (κ2) is 5.47. The maximum absolute atomic E-state index is 11.0. The maximum Gasteiger partial charge on any atom is 0.323 e. The number of rotatable bonds is 3. The van der Waals surface area contributed by atoms with Gasteiger partial charge in [0.1, 0.15) is 24.6 Å². The molecule has 1 aromatic carbocycles. The van der Waals surface area contributed by atoms with Gasteiger partial charge in [-0.3, -0.25) is 4.79 Å². The minimum atomic E-state index is -1.00. The Hall–Kier alpha value is -2.91. The highest BCUT2D eigenvalue weighted by Crippen LogP contribution is 2.35. The number of carbonyl (C=O) groups is 1. The van der Waals surface area contributed by atoms with Crippen LogP contribution in [0.25, 0.3) is 22.2 Å². The third-order valence-electron chi connectivity index (χ3n) is 3.23. The summed E-state index contributed by atoms with van der Waals surface area (Å²) < 4.78 is 1.47. The molecule has 0 fully saturated rings. The largest absolute Gasteiger partial charge is 0.480 e. The van der Waals surface area contributed by atoms with Crippen LogP contribution in [0, 0.1) is 11.3 Å². The first kappa shape index (κ1) is 14.0. The summed E-state index contributed by atoms with van der Waals surface area (Å²) in [5, 5.41) is 19.3. The number of nitrogens with zero attached hydrogens (tertiary/aromatic N) is 4. The number of hydrogen-bond acceptors (Lipinski definition) is 4. The average molecular weight is 313 g/mol. The molecule has 3 rings (SSSR count). The van der Waals surface area contributed by atoms with Crippen LogP contribution in [-0.4, -0.2) is 25.6 Å². The Labute approximate surface area is 130 Å². The lowest BCUT2D eigenvalue weighted by Gasteiger charge is -2.02. The van der Waals surface area contributed by atoms with Crippen molar-refractivity contribution in [2.24, 2.45) is 0 Å². The van der Waals surface area contributed by atoms with Crippen LogP contribution in [0.5, 0.6) is 0 Å². The smallest absolute Gasteiger partial charge is 0.323 e. The van der Waals surface area contributed by atoms with Crippen molar-refractivity contribution in [3.63, 3.8) is 0 Å².